The van der Waals surface area contributed by atoms with Gasteiger partial charge in [0.25, 0.3) is 5.91 Å². The number of amides is 1. The molecule has 2 heterocycles. The summed E-state index contributed by atoms with van der Waals surface area (Å²) >= 11 is 0. The van der Waals surface area contributed by atoms with Crippen molar-refractivity contribution in [3.05, 3.63) is 41.5 Å². The van der Waals surface area contributed by atoms with E-state index in [2.05, 4.69) is 4.98 Å². The molecule has 1 unspecified atom stereocenters. The fourth-order valence-electron chi connectivity index (χ4n) is 3.40. The monoisotopic (exact) mass is 372 g/mol. The standard InChI is InChI=1S/C20H28N4O3/c1-20(21,6-5-15-12-23(2)13-22-15)7-8-24-11-14-9-17(26-3)18(27-4)10-16(14)19(24)25/h9-10,12-13H,5-8,11,21H2,1-4H3. The second-order valence-corrected chi connectivity index (χ2v) is 7.53. The Balaban J connectivity index is 1.60. The van der Waals surface area contributed by atoms with E-state index < -0.39 is 0 Å². The first-order valence-electron chi connectivity index (χ1n) is 9.13. The predicted octanol–water partition coefficient (Wildman–Crippen LogP) is 2.13. The molecule has 0 bridgehead atoms. The minimum absolute atomic E-state index is 0.0199. The van der Waals surface area contributed by atoms with Crippen molar-refractivity contribution in [2.75, 3.05) is 20.8 Å². The van der Waals surface area contributed by atoms with Crippen molar-refractivity contribution in [3.63, 3.8) is 0 Å². The first-order chi connectivity index (χ1) is 12.8. The Hall–Kier alpha value is -2.54. The molecule has 2 N–H and O–H groups in total. The maximum atomic E-state index is 12.7. The third kappa shape index (κ3) is 4.24. The molecule has 2 aromatic rings. The first-order valence-corrected chi connectivity index (χ1v) is 9.13. The zero-order valence-electron chi connectivity index (χ0n) is 16.5. The van der Waals surface area contributed by atoms with Gasteiger partial charge in [0, 0.05) is 37.4 Å². The van der Waals surface area contributed by atoms with E-state index >= 15 is 0 Å². The number of nitrogens with zero attached hydrogens (tertiary/aromatic N) is 3. The second kappa shape index (κ2) is 7.60. The lowest BCUT2D eigenvalue weighted by atomic mass is 9.92. The zero-order valence-corrected chi connectivity index (χ0v) is 16.5. The van der Waals surface area contributed by atoms with Crippen LogP contribution in [0.3, 0.4) is 0 Å². The summed E-state index contributed by atoms with van der Waals surface area (Å²) in [6.07, 6.45) is 6.19. The van der Waals surface area contributed by atoms with Gasteiger partial charge in [0.05, 0.1) is 26.2 Å². The van der Waals surface area contributed by atoms with Crippen molar-refractivity contribution in [3.8, 4) is 11.5 Å². The number of ether oxygens (including phenoxy) is 2. The molecule has 7 nitrogen and oxygen atoms in total. The smallest absolute Gasteiger partial charge is 0.254 e. The lowest BCUT2D eigenvalue weighted by molar-refractivity contribution is 0.0766. The number of imidazole rings is 1. The molecule has 0 saturated carbocycles. The van der Waals surface area contributed by atoms with Gasteiger partial charge in [0.1, 0.15) is 0 Å². The van der Waals surface area contributed by atoms with Crippen molar-refractivity contribution >= 4 is 5.91 Å². The number of aryl methyl sites for hydroxylation is 2. The molecule has 0 fully saturated rings. The molecule has 1 aliphatic rings. The number of methoxy groups -OCH3 is 2. The molecular formula is C20H28N4O3. The lowest BCUT2D eigenvalue weighted by Gasteiger charge is -2.27. The van der Waals surface area contributed by atoms with Crippen LogP contribution >= 0.6 is 0 Å². The summed E-state index contributed by atoms with van der Waals surface area (Å²) in [5.41, 5.74) is 8.80. The van der Waals surface area contributed by atoms with Gasteiger partial charge in [-0.1, -0.05) is 0 Å². The molecule has 1 aromatic heterocycles. The van der Waals surface area contributed by atoms with Gasteiger partial charge in [-0.3, -0.25) is 4.79 Å². The van der Waals surface area contributed by atoms with E-state index in [1.165, 1.54) is 0 Å². The summed E-state index contributed by atoms with van der Waals surface area (Å²) < 4.78 is 12.6. The van der Waals surface area contributed by atoms with Crippen LogP contribution in [0.2, 0.25) is 0 Å². The van der Waals surface area contributed by atoms with E-state index in [1.54, 1.807) is 26.6 Å². The van der Waals surface area contributed by atoms with Gasteiger partial charge in [0.2, 0.25) is 0 Å². The van der Waals surface area contributed by atoms with E-state index in [0.29, 0.717) is 30.2 Å². The molecule has 1 atom stereocenters. The van der Waals surface area contributed by atoms with Crippen LogP contribution in [0.1, 0.15) is 41.4 Å². The van der Waals surface area contributed by atoms with Gasteiger partial charge in [-0.15, -0.1) is 0 Å². The van der Waals surface area contributed by atoms with Gasteiger partial charge in [-0.05, 0) is 43.9 Å². The molecule has 146 valence electrons. The Bertz CT molecular complexity index is 829. The van der Waals surface area contributed by atoms with E-state index in [9.17, 15) is 4.79 Å². The van der Waals surface area contributed by atoms with Crippen molar-refractivity contribution in [2.45, 2.75) is 38.3 Å². The summed E-state index contributed by atoms with van der Waals surface area (Å²) in [7, 11) is 5.13. The minimum atomic E-state index is -0.359. The van der Waals surface area contributed by atoms with Gasteiger partial charge >= 0.3 is 0 Å². The van der Waals surface area contributed by atoms with E-state index in [0.717, 1.165) is 30.5 Å². The Morgan fingerprint density at radius 2 is 1.93 bits per heavy atom. The summed E-state index contributed by atoms with van der Waals surface area (Å²) in [4.78, 5) is 18.9. The topological polar surface area (TPSA) is 82.6 Å². The Morgan fingerprint density at radius 3 is 2.56 bits per heavy atom. The number of aromatic nitrogens is 2. The molecule has 0 spiro atoms. The number of hydrogen-bond donors (Lipinski definition) is 1. The molecule has 7 heteroatoms. The largest absolute Gasteiger partial charge is 0.493 e. The summed E-state index contributed by atoms with van der Waals surface area (Å²) in [6.45, 7) is 3.23. The highest BCUT2D eigenvalue weighted by Crippen LogP contribution is 2.35. The van der Waals surface area contributed by atoms with Crippen molar-refractivity contribution in [1.29, 1.82) is 0 Å². The number of fused-ring (bicyclic) bond motifs is 1. The fraction of sp³-hybridized carbons (Fsp3) is 0.500. The molecule has 0 aliphatic carbocycles. The van der Waals surface area contributed by atoms with E-state index in [1.807, 2.05) is 35.7 Å². The van der Waals surface area contributed by atoms with Gasteiger partial charge in [0.15, 0.2) is 11.5 Å². The number of carbonyl (C=O) groups is 1. The number of carbonyl (C=O) groups excluding carboxylic acids is 1. The van der Waals surface area contributed by atoms with Gasteiger partial charge in [-0.2, -0.15) is 0 Å². The quantitative estimate of drug-likeness (QED) is 0.768. The van der Waals surface area contributed by atoms with Crippen LogP contribution < -0.4 is 15.2 Å². The highest BCUT2D eigenvalue weighted by molar-refractivity contribution is 5.99. The number of nitrogens with two attached hydrogens (primary N) is 1. The molecular weight excluding hydrogens is 344 g/mol. The Morgan fingerprint density at radius 1 is 1.22 bits per heavy atom. The molecule has 0 radical (unpaired) electrons. The third-order valence-corrected chi connectivity index (χ3v) is 5.15. The number of benzene rings is 1. The SMILES string of the molecule is COc1cc2c(cc1OC)C(=O)N(CCC(C)(N)CCc1cn(C)cn1)C2. The third-order valence-electron chi connectivity index (χ3n) is 5.15. The molecule has 0 saturated heterocycles. The summed E-state index contributed by atoms with van der Waals surface area (Å²) in [5.74, 6) is 1.24. The average molecular weight is 372 g/mol. The average Bonchev–Trinajstić information content (AvgIpc) is 3.20. The van der Waals surface area contributed by atoms with Gasteiger partial charge in [-0.25, -0.2) is 4.98 Å². The normalized spacial score (nSPS) is 15.6. The number of hydrogen-bond acceptors (Lipinski definition) is 5. The molecule has 1 aliphatic heterocycles. The van der Waals surface area contributed by atoms with Gasteiger partial charge < -0.3 is 24.7 Å². The van der Waals surface area contributed by atoms with Crippen LogP contribution in [-0.2, 0) is 20.0 Å². The Labute approximate surface area is 160 Å². The van der Waals surface area contributed by atoms with Crippen LogP contribution in [0.25, 0.3) is 0 Å². The van der Waals surface area contributed by atoms with Crippen LogP contribution in [-0.4, -0.2) is 46.7 Å². The highest BCUT2D eigenvalue weighted by atomic mass is 16.5. The van der Waals surface area contributed by atoms with E-state index in [-0.39, 0.29) is 11.4 Å². The second-order valence-electron chi connectivity index (χ2n) is 7.53. The maximum absolute atomic E-state index is 12.7. The van der Waals surface area contributed by atoms with Crippen LogP contribution in [0, 0.1) is 0 Å². The van der Waals surface area contributed by atoms with Crippen molar-refractivity contribution < 1.29 is 14.3 Å². The molecule has 1 aromatic carbocycles. The molecule has 3 rings (SSSR count). The van der Waals surface area contributed by atoms with Crippen LogP contribution in [0.5, 0.6) is 11.5 Å². The van der Waals surface area contributed by atoms with Crippen molar-refractivity contribution in [1.82, 2.24) is 14.5 Å². The zero-order chi connectivity index (χ0) is 19.6. The first kappa shape index (κ1) is 19.2. The van der Waals surface area contributed by atoms with E-state index in [4.69, 9.17) is 15.2 Å². The van der Waals surface area contributed by atoms with Crippen molar-refractivity contribution in [2.24, 2.45) is 12.8 Å². The van der Waals surface area contributed by atoms with Crippen LogP contribution in [0.15, 0.2) is 24.7 Å². The predicted molar refractivity (Wildman–Crippen MR) is 103 cm³/mol. The number of rotatable bonds is 8. The molecule has 1 amide bonds. The summed E-state index contributed by atoms with van der Waals surface area (Å²) in [6, 6.07) is 3.65. The minimum Gasteiger partial charge on any atom is -0.493 e. The Kier molecular flexibility index (Phi) is 5.41. The summed E-state index contributed by atoms with van der Waals surface area (Å²) in [5, 5.41) is 0. The molecule has 27 heavy (non-hydrogen) atoms. The van der Waals surface area contributed by atoms with Crippen LogP contribution in [0.4, 0.5) is 0 Å². The maximum Gasteiger partial charge on any atom is 0.254 e. The highest BCUT2D eigenvalue weighted by Gasteiger charge is 2.31. The lowest BCUT2D eigenvalue weighted by Crippen LogP contribution is -2.41. The fourth-order valence-corrected chi connectivity index (χ4v) is 3.40.